The van der Waals surface area contributed by atoms with Crippen LogP contribution in [-0.4, -0.2) is 17.7 Å². The van der Waals surface area contributed by atoms with Crippen LogP contribution in [0.3, 0.4) is 0 Å². The lowest BCUT2D eigenvalue weighted by Gasteiger charge is -2.00. The van der Waals surface area contributed by atoms with Gasteiger partial charge in [0.25, 0.3) is 0 Å². The van der Waals surface area contributed by atoms with Gasteiger partial charge >= 0.3 is 5.97 Å². The molecule has 0 saturated carbocycles. The van der Waals surface area contributed by atoms with Gasteiger partial charge in [0.05, 0.1) is 17.9 Å². The van der Waals surface area contributed by atoms with Crippen molar-refractivity contribution >= 4 is 5.97 Å². The summed E-state index contributed by atoms with van der Waals surface area (Å²) in [6, 6.07) is 0. The van der Waals surface area contributed by atoms with Gasteiger partial charge in [0, 0.05) is 0 Å². The van der Waals surface area contributed by atoms with E-state index in [0.29, 0.717) is 6.61 Å². The van der Waals surface area contributed by atoms with Crippen molar-refractivity contribution in [3.63, 3.8) is 0 Å². The third-order valence-electron chi connectivity index (χ3n) is 1.12. The van der Waals surface area contributed by atoms with Gasteiger partial charge in [-0.15, -0.1) is 0 Å². The summed E-state index contributed by atoms with van der Waals surface area (Å²) in [4.78, 5) is 10.7. The maximum atomic E-state index is 10.7. The Balaban J connectivity index is 4.09. The molecule has 1 N–H and O–H groups in total. The monoisotopic (exact) mass is 144 g/mol. The lowest BCUT2D eigenvalue weighted by molar-refractivity contribution is -0.138. The highest BCUT2D eigenvalue weighted by atomic mass is 16.5. The molecule has 0 aromatic heterocycles. The molecule has 0 saturated heterocycles. The van der Waals surface area contributed by atoms with Crippen molar-refractivity contribution in [3.05, 3.63) is 11.3 Å². The van der Waals surface area contributed by atoms with Gasteiger partial charge in [0.2, 0.25) is 0 Å². The lowest BCUT2D eigenvalue weighted by atomic mass is 10.3. The first-order valence-electron chi connectivity index (χ1n) is 3.13. The van der Waals surface area contributed by atoms with Gasteiger partial charge in [0.1, 0.15) is 0 Å². The summed E-state index contributed by atoms with van der Waals surface area (Å²) in [5.41, 5.74) is 0.266. The first kappa shape index (κ1) is 9.01. The molecule has 58 valence electrons. The van der Waals surface area contributed by atoms with E-state index in [0.717, 1.165) is 0 Å². The van der Waals surface area contributed by atoms with E-state index in [2.05, 4.69) is 4.74 Å². The lowest BCUT2D eigenvalue weighted by Crippen LogP contribution is -2.06. The molecule has 0 amide bonds. The van der Waals surface area contributed by atoms with Crippen molar-refractivity contribution < 1.29 is 14.6 Å². The summed E-state index contributed by atoms with van der Waals surface area (Å²) in [6.07, 6.45) is 0. The molecule has 0 aliphatic rings. The third-order valence-corrected chi connectivity index (χ3v) is 1.12. The molecular formula is C7H12O3. The van der Waals surface area contributed by atoms with E-state index in [-0.39, 0.29) is 11.3 Å². The number of aliphatic hydroxyl groups is 1. The van der Waals surface area contributed by atoms with E-state index in [1.165, 1.54) is 13.8 Å². The van der Waals surface area contributed by atoms with Crippen LogP contribution < -0.4 is 0 Å². The van der Waals surface area contributed by atoms with Crippen molar-refractivity contribution in [1.29, 1.82) is 0 Å². The van der Waals surface area contributed by atoms with Crippen LogP contribution in [0.25, 0.3) is 0 Å². The van der Waals surface area contributed by atoms with Gasteiger partial charge in [-0.2, -0.15) is 0 Å². The molecule has 0 aromatic rings. The summed E-state index contributed by atoms with van der Waals surface area (Å²) in [5, 5.41) is 8.80. The number of hydrogen-bond donors (Lipinski definition) is 1. The fourth-order valence-corrected chi connectivity index (χ4v) is 0.387. The Labute approximate surface area is 60.3 Å². The van der Waals surface area contributed by atoms with Crippen molar-refractivity contribution in [2.75, 3.05) is 6.61 Å². The Morgan fingerprint density at radius 1 is 1.50 bits per heavy atom. The fraction of sp³-hybridized carbons (Fsp3) is 0.571. The number of carbonyl (C=O) groups excluding carboxylic acids is 1. The zero-order valence-corrected chi connectivity index (χ0v) is 6.47. The Morgan fingerprint density at radius 2 is 2.00 bits per heavy atom. The van der Waals surface area contributed by atoms with Gasteiger partial charge in [0.15, 0.2) is 0 Å². The van der Waals surface area contributed by atoms with Gasteiger partial charge < -0.3 is 9.84 Å². The second-order valence-corrected chi connectivity index (χ2v) is 1.93. The van der Waals surface area contributed by atoms with Gasteiger partial charge in [-0.1, -0.05) is 0 Å². The molecule has 0 fully saturated rings. The minimum Gasteiger partial charge on any atom is -0.512 e. The predicted octanol–water partition coefficient (Wildman–Crippen LogP) is 1.40. The van der Waals surface area contributed by atoms with Gasteiger partial charge in [-0.25, -0.2) is 4.79 Å². The van der Waals surface area contributed by atoms with Crippen LogP contribution in [0.1, 0.15) is 20.8 Å². The summed E-state index contributed by atoms with van der Waals surface area (Å²) >= 11 is 0. The molecule has 0 rings (SSSR count). The summed E-state index contributed by atoms with van der Waals surface area (Å²) in [5.74, 6) is -0.444. The Kier molecular flexibility index (Phi) is 3.54. The van der Waals surface area contributed by atoms with E-state index in [4.69, 9.17) is 5.11 Å². The molecule has 0 aromatic carbocycles. The molecule has 0 atom stereocenters. The summed E-state index contributed by atoms with van der Waals surface area (Å²) in [7, 11) is 0. The minimum atomic E-state index is -0.456. The molecule has 10 heavy (non-hydrogen) atoms. The van der Waals surface area contributed by atoms with Gasteiger partial charge in [-0.3, -0.25) is 0 Å². The molecular weight excluding hydrogens is 132 g/mol. The first-order valence-corrected chi connectivity index (χ1v) is 3.13. The zero-order chi connectivity index (χ0) is 8.15. The van der Waals surface area contributed by atoms with E-state index in [1.807, 2.05) is 0 Å². The number of carbonyl (C=O) groups is 1. The number of rotatable bonds is 2. The second kappa shape index (κ2) is 3.93. The molecule has 0 heterocycles. The number of hydrogen-bond acceptors (Lipinski definition) is 3. The average Bonchev–Trinajstić information content (AvgIpc) is 1.87. The summed E-state index contributed by atoms with van der Waals surface area (Å²) in [6.45, 7) is 5.03. The number of esters is 1. The molecule has 0 spiro atoms. The second-order valence-electron chi connectivity index (χ2n) is 1.93. The van der Waals surface area contributed by atoms with E-state index in [9.17, 15) is 4.79 Å². The van der Waals surface area contributed by atoms with Crippen LogP contribution in [0.15, 0.2) is 11.3 Å². The van der Waals surface area contributed by atoms with Crippen LogP contribution in [0.2, 0.25) is 0 Å². The van der Waals surface area contributed by atoms with Gasteiger partial charge in [-0.05, 0) is 20.8 Å². The van der Waals surface area contributed by atoms with Crippen LogP contribution in [0.5, 0.6) is 0 Å². The molecule has 3 nitrogen and oxygen atoms in total. The minimum absolute atomic E-state index is 0.0125. The highest BCUT2D eigenvalue weighted by Gasteiger charge is 2.06. The van der Waals surface area contributed by atoms with Crippen LogP contribution in [0, 0.1) is 0 Å². The maximum Gasteiger partial charge on any atom is 0.337 e. The topological polar surface area (TPSA) is 46.5 Å². The molecule has 0 bridgehead atoms. The SMILES string of the molecule is CCOC(=O)/C(C)=C(\C)O. The molecule has 3 heteroatoms. The van der Waals surface area contributed by atoms with Crippen molar-refractivity contribution in [2.45, 2.75) is 20.8 Å². The summed E-state index contributed by atoms with van der Waals surface area (Å²) < 4.78 is 4.61. The standard InChI is InChI=1S/C7H12O3/c1-4-10-7(9)5(2)6(3)8/h8H,4H2,1-3H3/b6-5+. The Hall–Kier alpha value is -0.990. The zero-order valence-electron chi connectivity index (χ0n) is 6.47. The fourth-order valence-electron chi connectivity index (χ4n) is 0.387. The highest BCUT2D eigenvalue weighted by molar-refractivity contribution is 5.88. The number of ether oxygens (including phenoxy) is 1. The van der Waals surface area contributed by atoms with Crippen LogP contribution in [0.4, 0.5) is 0 Å². The van der Waals surface area contributed by atoms with Crippen LogP contribution in [-0.2, 0) is 9.53 Å². The van der Waals surface area contributed by atoms with Crippen molar-refractivity contribution in [3.8, 4) is 0 Å². The van der Waals surface area contributed by atoms with E-state index >= 15 is 0 Å². The number of allylic oxidation sites excluding steroid dienone is 1. The largest absolute Gasteiger partial charge is 0.512 e. The molecule has 0 aliphatic heterocycles. The van der Waals surface area contributed by atoms with E-state index < -0.39 is 5.97 Å². The Morgan fingerprint density at radius 3 is 2.30 bits per heavy atom. The molecule has 0 aliphatic carbocycles. The smallest absolute Gasteiger partial charge is 0.337 e. The predicted molar refractivity (Wildman–Crippen MR) is 37.6 cm³/mol. The normalized spacial score (nSPS) is 12.3. The van der Waals surface area contributed by atoms with E-state index in [1.54, 1.807) is 6.92 Å². The Bertz CT molecular complexity index is 154. The molecule has 0 radical (unpaired) electrons. The van der Waals surface area contributed by atoms with Crippen molar-refractivity contribution in [2.24, 2.45) is 0 Å². The third kappa shape index (κ3) is 2.53. The first-order chi connectivity index (χ1) is 4.59. The molecule has 0 unspecified atom stereocenters. The van der Waals surface area contributed by atoms with Crippen LogP contribution >= 0.6 is 0 Å². The van der Waals surface area contributed by atoms with Crippen molar-refractivity contribution in [1.82, 2.24) is 0 Å². The quantitative estimate of drug-likeness (QED) is 0.362. The number of aliphatic hydroxyl groups excluding tert-OH is 1. The maximum absolute atomic E-state index is 10.7. The average molecular weight is 144 g/mol. The highest BCUT2D eigenvalue weighted by Crippen LogP contribution is 2.01.